The number of rotatable bonds is 5. The molecule has 1 fully saturated rings. The second kappa shape index (κ2) is 8.27. The lowest BCUT2D eigenvalue weighted by Crippen LogP contribution is -2.36. The predicted molar refractivity (Wildman–Crippen MR) is 100 cm³/mol. The van der Waals surface area contributed by atoms with Crippen LogP contribution in [-0.2, 0) is 4.74 Å². The number of benzene rings is 2. The van der Waals surface area contributed by atoms with E-state index < -0.39 is 0 Å². The maximum absolute atomic E-state index is 12.3. The van der Waals surface area contributed by atoms with E-state index in [0.717, 1.165) is 32.0 Å². The van der Waals surface area contributed by atoms with Gasteiger partial charge in [-0.1, -0.05) is 12.1 Å². The van der Waals surface area contributed by atoms with E-state index in [1.165, 1.54) is 0 Å². The van der Waals surface area contributed by atoms with Crippen LogP contribution < -0.4 is 10.2 Å². The molecule has 2 aromatic carbocycles. The molecule has 1 saturated heterocycles. The standard InChI is InChI=1S/C19H19BrN2O3/c20-17-4-2-1-3-16(17)19(24)21-13-18(23)14-5-7-15(8-6-14)22-9-11-25-12-10-22/h1-8H,9-13H2,(H,21,24). The Morgan fingerprint density at radius 2 is 1.72 bits per heavy atom. The summed E-state index contributed by atoms with van der Waals surface area (Å²) in [6.45, 7) is 3.13. The molecule has 1 amide bonds. The van der Waals surface area contributed by atoms with Gasteiger partial charge in [-0.05, 0) is 52.3 Å². The molecule has 0 saturated carbocycles. The summed E-state index contributed by atoms with van der Waals surface area (Å²) < 4.78 is 6.05. The lowest BCUT2D eigenvalue weighted by molar-refractivity contribution is 0.0903. The van der Waals surface area contributed by atoms with Crippen molar-refractivity contribution >= 4 is 33.3 Å². The second-order valence-electron chi connectivity index (χ2n) is 5.73. The number of ether oxygens (including phenoxy) is 1. The third kappa shape index (κ3) is 4.46. The highest BCUT2D eigenvalue weighted by atomic mass is 79.9. The Morgan fingerprint density at radius 1 is 1.04 bits per heavy atom. The van der Waals surface area contributed by atoms with Gasteiger partial charge in [0, 0.05) is 28.8 Å². The van der Waals surface area contributed by atoms with Crippen molar-refractivity contribution in [3.05, 3.63) is 64.1 Å². The van der Waals surface area contributed by atoms with Crippen molar-refractivity contribution in [3.63, 3.8) is 0 Å². The van der Waals surface area contributed by atoms with Crippen molar-refractivity contribution in [1.29, 1.82) is 0 Å². The van der Waals surface area contributed by atoms with Crippen LogP contribution in [0.4, 0.5) is 5.69 Å². The van der Waals surface area contributed by atoms with Crippen LogP contribution in [0.3, 0.4) is 0 Å². The van der Waals surface area contributed by atoms with Crippen LogP contribution in [0.1, 0.15) is 20.7 Å². The van der Waals surface area contributed by atoms with Crippen LogP contribution in [0.5, 0.6) is 0 Å². The van der Waals surface area contributed by atoms with E-state index in [1.807, 2.05) is 18.2 Å². The molecule has 0 aromatic heterocycles. The first kappa shape index (κ1) is 17.6. The fourth-order valence-electron chi connectivity index (χ4n) is 2.68. The molecular weight excluding hydrogens is 384 g/mol. The number of halogens is 1. The van der Waals surface area contributed by atoms with Gasteiger partial charge in [-0.3, -0.25) is 9.59 Å². The minimum Gasteiger partial charge on any atom is -0.378 e. The molecule has 0 aliphatic carbocycles. The number of carbonyl (C=O) groups is 2. The highest BCUT2D eigenvalue weighted by Gasteiger charge is 2.14. The van der Waals surface area contributed by atoms with Crippen molar-refractivity contribution in [2.75, 3.05) is 37.7 Å². The van der Waals surface area contributed by atoms with E-state index in [0.29, 0.717) is 15.6 Å². The van der Waals surface area contributed by atoms with Crippen molar-refractivity contribution < 1.29 is 14.3 Å². The molecule has 0 atom stereocenters. The summed E-state index contributed by atoms with van der Waals surface area (Å²) in [4.78, 5) is 26.7. The third-order valence-corrected chi connectivity index (χ3v) is 4.78. The smallest absolute Gasteiger partial charge is 0.252 e. The summed E-state index contributed by atoms with van der Waals surface area (Å²) in [5, 5.41) is 2.67. The fraction of sp³-hybridized carbons (Fsp3) is 0.263. The lowest BCUT2D eigenvalue weighted by Gasteiger charge is -2.28. The summed E-state index contributed by atoms with van der Waals surface area (Å²) in [5.74, 6) is -0.389. The summed E-state index contributed by atoms with van der Waals surface area (Å²) >= 11 is 3.34. The number of Topliss-reactive ketones (excluding diaryl/α,β-unsaturated/α-hetero) is 1. The SMILES string of the molecule is O=C(CNC(=O)c1ccccc1Br)c1ccc(N2CCOCC2)cc1. The monoisotopic (exact) mass is 402 g/mol. The summed E-state index contributed by atoms with van der Waals surface area (Å²) in [6.07, 6.45) is 0. The molecule has 1 aliphatic heterocycles. The average Bonchev–Trinajstić information content (AvgIpc) is 2.67. The van der Waals surface area contributed by atoms with E-state index in [2.05, 4.69) is 26.1 Å². The van der Waals surface area contributed by atoms with Crippen molar-refractivity contribution in [2.24, 2.45) is 0 Å². The Bertz CT molecular complexity index is 756. The first-order valence-corrected chi connectivity index (χ1v) is 8.93. The van der Waals surface area contributed by atoms with Gasteiger partial charge in [-0.2, -0.15) is 0 Å². The molecule has 6 heteroatoms. The first-order chi connectivity index (χ1) is 12.1. The van der Waals surface area contributed by atoms with E-state index >= 15 is 0 Å². The molecule has 1 heterocycles. The Balaban J connectivity index is 1.58. The Kier molecular flexibility index (Phi) is 5.83. The number of anilines is 1. The van der Waals surface area contributed by atoms with Gasteiger partial charge in [-0.15, -0.1) is 0 Å². The second-order valence-corrected chi connectivity index (χ2v) is 6.59. The van der Waals surface area contributed by atoms with Gasteiger partial charge in [0.05, 0.1) is 25.3 Å². The molecule has 0 unspecified atom stereocenters. The van der Waals surface area contributed by atoms with Gasteiger partial charge in [0.15, 0.2) is 5.78 Å². The van der Waals surface area contributed by atoms with E-state index in [4.69, 9.17) is 4.74 Å². The predicted octanol–water partition coefficient (Wildman–Crippen LogP) is 2.90. The molecule has 3 rings (SSSR count). The molecule has 1 N–H and O–H groups in total. The molecule has 0 radical (unpaired) electrons. The van der Waals surface area contributed by atoms with Crippen LogP contribution in [0.2, 0.25) is 0 Å². The number of ketones is 1. The minimum absolute atomic E-state index is 0.0307. The molecular formula is C19H19BrN2O3. The average molecular weight is 403 g/mol. The molecule has 130 valence electrons. The Morgan fingerprint density at radius 3 is 2.40 bits per heavy atom. The van der Waals surface area contributed by atoms with Crippen molar-refractivity contribution in [3.8, 4) is 0 Å². The summed E-state index contributed by atoms with van der Waals surface area (Å²) in [6, 6.07) is 14.6. The zero-order valence-corrected chi connectivity index (χ0v) is 15.3. The molecule has 5 nitrogen and oxygen atoms in total. The molecule has 25 heavy (non-hydrogen) atoms. The largest absolute Gasteiger partial charge is 0.378 e. The van der Waals surface area contributed by atoms with E-state index in [-0.39, 0.29) is 18.2 Å². The fourth-order valence-corrected chi connectivity index (χ4v) is 3.15. The van der Waals surface area contributed by atoms with Crippen molar-refractivity contribution in [2.45, 2.75) is 0 Å². The first-order valence-electron chi connectivity index (χ1n) is 8.14. The maximum atomic E-state index is 12.3. The number of amides is 1. The number of carbonyl (C=O) groups excluding carboxylic acids is 2. The highest BCUT2D eigenvalue weighted by molar-refractivity contribution is 9.10. The van der Waals surface area contributed by atoms with Gasteiger partial charge < -0.3 is 15.0 Å². The van der Waals surface area contributed by atoms with Crippen molar-refractivity contribution in [1.82, 2.24) is 5.32 Å². The molecule has 0 bridgehead atoms. The molecule has 2 aromatic rings. The quantitative estimate of drug-likeness (QED) is 0.781. The topological polar surface area (TPSA) is 58.6 Å². The number of hydrogen-bond donors (Lipinski definition) is 1. The Hall–Kier alpha value is -2.18. The highest BCUT2D eigenvalue weighted by Crippen LogP contribution is 2.17. The van der Waals surface area contributed by atoms with E-state index in [9.17, 15) is 9.59 Å². The minimum atomic E-state index is -0.272. The maximum Gasteiger partial charge on any atom is 0.252 e. The number of hydrogen-bond acceptors (Lipinski definition) is 4. The van der Waals surface area contributed by atoms with E-state index in [1.54, 1.807) is 30.3 Å². The van der Waals surface area contributed by atoms with Crippen LogP contribution in [-0.4, -0.2) is 44.5 Å². The number of morpholine rings is 1. The van der Waals surface area contributed by atoms with Crippen LogP contribution >= 0.6 is 15.9 Å². The zero-order valence-electron chi connectivity index (χ0n) is 13.7. The zero-order chi connectivity index (χ0) is 17.6. The lowest BCUT2D eigenvalue weighted by atomic mass is 10.1. The van der Waals surface area contributed by atoms with Gasteiger partial charge in [0.2, 0.25) is 0 Å². The van der Waals surface area contributed by atoms with Crippen LogP contribution in [0, 0.1) is 0 Å². The number of nitrogens with zero attached hydrogens (tertiary/aromatic N) is 1. The number of nitrogens with one attached hydrogen (secondary N) is 1. The molecule has 0 spiro atoms. The summed E-state index contributed by atoms with van der Waals surface area (Å²) in [7, 11) is 0. The third-order valence-electron chi connectivity index (χ3n) is 4.09. The summed E-state index contributed by atoms with van der Waals surface area (Å²) in [5.41, 5.74) is 2.18. The van der Waals surface area contributed by atoms with Gasteiger partial charge in [0.1, 0.15) is 0 Å². The van der Waals surface area contributed by atoms with Gasteiger partial charge in [0.25, 0.3) is 5.91 Å². The van der Waals surface area contributed by atoms with Crippen LogP contribution in [0.25, 0.3) is 0 Å². The normalized spacial score (nSPS) is 14.2. The Labute approximate surface area is 155 Å². The molecule has 1 aliphatic rings. The van der Waals surface area contributed by atoms with Gasteiger partial charge >= 0.3 is 0 Å². The van der Waals surface area contributed by atoms with Gasteiger partial charge in [-0.25, -0.2) is 0 Å². The van der Waals surface area contributed by atoms with Crippen LogP contribution in [0.15, 0.2) is 53.0 Å².